The number of nitrogens with zero attached hydrogens (tertiary/aromatic N) is 1. The largest absolute Gasteiger partial charge is 0.496 e. The van der Waals surface area contributed by atoms with Crippen molar-refractivity contribution in [1.82, 2.24) is 10.2 Å². The van der Waals surface area contributed by atoms with Gasteiger partial charge in [0.05, 0.1) is 25.6 Å². The van der Waals surface area contributed by atoms with Gasteiger partial charge in [-0.3, -0.25) is 24.6 Å². The highest BCUT2D eigenvalue weighted by Gasteiger charge is 2.68. The molecule has 0 spiro atoms. The van der Waals surface area contributed by atoms with E-state index in [2.05, 4.69) is 5.32 Å². The second-order valence-electron chi connectivity index (χ2n) is 7.58. The van der Waals surface area contributed by atoms with Crippen molar-refractivity contribution in [3.8, 4) is 5.75 Å². The molecule has 2 heterocycles. The number of nitrogens with one attached hydrogen (secondary N) is 1. The van der Waals surface area contributed by atoms with Crippen LogP contribution in [0.5, 0.6) is 5.75 Å². The molecule has 2 aliphatic rings. The molecule has 158 valence electrons. The quantitative estimate of drug-likeness (QED) is 0.531. The van der Waals surface area contributed by atoms with Crippen LogP contribution in [0.25, 0.3) is 0 Å². The third kappa shape index (κ3) is 3.31. The Hall–Kier alpha value is -2.41. The molecule has 0 aliphatic carbocycles. The highest BCUT2D eigenvalue weighted by Crippen LogP contribution is 2.52. The second kappa shape index (κ2) is 8.53. The number of likely N-dealkylation sites (tertiary alicyclic amines) is 1. The van der Waals surface area contributed by atoms with Gasteiger partial charge in [-0.05, 0) is 26.3 Å². The summed E-state index contributed by atoms with van der Waals surface area (Å²) in [5.74, 6) is -1.82. The van der Waals surface area contributed by atoms with Gasteiger partial charge in [-0.25, -0.2) is 0 Å². The summed E-state index contributed by atoms with van der Waals surface area (Å²) < 4.78 is 10.9. The van der Waals surface area contributed by atoms with E-state index in [-0.39, 0.29) is 25.0 Å². The molecule has 7 nitrogen and oxygen atoms in total. The molecule has 1 aromatic rings. The molecule has 0 unspecified atom stereocenters. The lowest BCUT2D eigenvalue weighted by Crippen LogP contribution is -2.56. The Morgan fingerprint density at radius 2 is 1.90 bits per heavy atom. The van der Waals surface area contributed by atoms with Crippen LogP contribution in [0.4, 0.5) is 0 Å². The maximum atomic E-state index is 13.3. The van der Waals surface area contributed by atoms with E-state index < -0.39 is 29.4 Å². The fourth-order valence-electron chi connectivity index (χ4n) is 4.80. The molecule has 29 heavy (non-hydrogen) atoms. The minimum atomic E-state index is -1.22. The number of carbonyl (C=O) groups is 3. The average Bonchev–Trinajstić information content (AvgIpc) is 3.20. The molecule has 3 rings (SSSR count). The van der Waals surface area contributed by atoms with Crippen LogP contribution in [0.15, 0.2) is 24.3 Å². The monoisotopic (exact) mass is 402 g/mol. The van der Waals surface area contributed by atoms with Crippen LogP contribution >= 0.6 is 0 Å². The van der Waals surface area contributed by atoms with Gasteiger partial charge >= 0.3 is 5.97 Å². The highest BCUT2D eigenvalue weighted by molar-refractivity contribution is 6.09. The van der Waals surface area contributed by atoms with Gasteiger partial charge in [-0.2, -0.15) is 0 Å². The number of rotatable bonds is 8. The first-order valence-corrected chi connectivity index (χ1v) is 10.4. The van der Waals surface area contributed by atoms with Gasteiger partial charge in [-0.15, -0.1) is 0 Å². The van der Waals surface area contributed by atoms with Crippen molar-refractivity contribution in [3.63, 3.8) is 0 Å². The van der Waals surface area contributed by atoms with E-state index in [4.69, 9.17) is 9.47 Å². The number of imide groups is 1. The molecule has 1 aromatic carbocycles. The van der Waals surface area contributed by atoms with Gasteiger partial charge in [0.1, 0.15) is 11.3 Å². The van der Waals surface area contributed by atoms with Crippen molar-refractivity contribution in [3.05, 3.63) is 29.8 Å². The van der Waals surface area contributed by atoms with E-state index in [0.29, 0.717) is 12.2 Å². The van der Waals surface area contributed by atoms with Crippen LogP contribution < -0.4 is 10.1 Å². The second-order valence-corrected chi connectivity index (χ2v) is 7.58. The molecular weight excluding hydrogens is 372 g/mol. The first-order valence-electron chi connectivity index (χ1n) is 10.4. The van der Waals surface area contributed by atoms with Gasteiger partial charge in [0.15, 0.2) is 0 Å². The molecule has 0 bridgehead atoms. The van der Waals surface area contributed by atoms with Gasteiger partial charge in [0, 0.05) is 18.2 Å². The molecule has 2 aliphatic heterocycles. The lowest BCUT2D eigenvalue weighted by molar-refractivity contribution is -0.156. The number of amides is 2. The molecule has 0 aromatic heterocycles. The summed E-state index contributed by atoms with van der Waals surface area (Å²) in [4.78, 5) is 41.0. The SMILES string of the molecule is CCCC[C@]1(C(=O)OCC)N[C@H](c2ccccc2OC)[C@H]2C(=O)N(CC)C(=O)[C@@H]21. The molecule has 0 radical (unpaired) electrons. The van der Waals surface area contributed by atoms with E-state index in [1.165, 1.54) is 4.90 Å². The summed E-state index contributed by atoms with van der Waals surface area (Å²) in [6.45, 7) is 6.06. The van der Waals surface area contributed by atoms with Crippen molar-refractivity contribution in [2.24, 2.45) is 11.8 Å². The number of hydrogen-bond donors (Lipinski definition) is 1. The lowest BCUT2D eigenvalue weighted by Gasteiger charge is -2.33. The first-order chi connectivity index (χ1) is 14.0. The molecule has 1 N–H and O–H groups in total. The van der Waals surface area contributed by atoms with Crippen LogP contribution in [0.1, 0.15) is 51.6 Å². The first kappa shape index (κ1) is 21.3. The van der Waals surface area contributed by atoms with Crippen molar-refractivity contribution in [2.75, 3.05) is 20.3 Å². The Bertz CT molecular complexity index is 795. The van der Waals surface area contributed by atoms with Gasteiger partial charge in [0.25, 0.3) is 0 Å². The Kier molecular flexibility index (Phi) is 6.27. The number of hydrogen-bond acceptors (Lipinski definition) is 6. The standard InChI is InChI=1S/C22H30N2O5/c1-5-8-13-22(21(27)29-7-3)17-16(19(25)24(6-2)20(17)26)18(23-22)14-11-9-10-12-15(14)28-4/h9-12,16-18,23H,5-8,13H2,1-4H3/t16-,17+,18+,22-/m0/s1. The van der Waals surface area contributed by atoms with Crippen molar-refractivity contribution >= 4 is 17.8 Å². The predicted octanol–water partition coefficient (Wildman–Crippen LogP) is 2.45. The van der Waals surface area contributed by atoms with Gasteiger partial charge in [-0.1, -0.05) is 38.0 Å². The zero-order valence-electron chi connectivity index (χ0n) is 17.6. The van der Waals surface area contributed by atoms with Crippen LogP contribution in [0.3, 0.4) is 0 Å². The minimum Gasteiger partial charge on any atom is -0.496 e. The summed E-state index contributed by atoms with van der Waals surface area (Å²) >= 11 is 0. The van der Waals surface area contributed by atoms with Gasteiger partial charge < -0.3 is 9.47 Å². The highest BCUT2D eigenvalue weighted by atomic mass is 16.5. The summed E-state index contributed by atoms with van der Waals surface area (Å²) in [6.07, 6.45) is 2.03. The molecule has 2 amide bonds. The summed E-state index contributed by atoms with van der Waals surface area (Å²) in [5, 5.41) is 3.40. The third-order valence-corrected chi connectivity index (χ3v) is 6.10. The molecule has 4 atom stereocenters. The molecule has 7 heteroatoms. The number of ether oxygens (including phenoxy) is 2. The average molecular weight is 402 g/mol. The Balaban J connectivity index is 2.16. The molecular formula is C22H30N2O5. The number of fused-ring (bicyclic) bond motifs is 1. The third-order valence-electron chi connectivity index (χ3n) is 6.10. The Morgan fingerprint density at radius 3 is 2.52 bits per heavy atom. The van der Waals surface area contributed by atoms with Gasteiger partial charge in [0.2, 0.25) is 11.8 Å². The van der Waals surface area contributed by atoms with E-state index in [1.54, 1.807) is 21.0 Å². The zero-order chi connectivity index (χ0) is 21.2. The number of carbonyl (C=O) groups excluding carboxylic acids is 3. The van der Waals surface area contributed by atoms with Crippen molar-refractivity contribution in [1.29, 1.82) is 0 Å². The predicted molar refractivity (Wildman–Crippen MR) is 107 cm³/mol. The zero-order valence-corrected chi connectivity index (χ0v) is 17.6. The minimum absolute atomic E-state index is 0.213. The van der Waals surface area contributed by atoms with Crippen LogP contribution in [-0.4, -0.2) is 48.5 Å². The van der Waals surface area contributed by atoms with E-state index in [0.717, 1.165) is 18.4 Å². The molecule has 2 saturated heterocycles. The fraction of sp³-hybridized carbons (Fsp3) is 0.591. The van der Waals surface area contributed by atoms with Crippen LogP contribution in [0, 0.1) is 11.8 Å². The Labute approximate surface area is 171 Å². The smallest absolute Gasteiger partial charge is 0.327 e. The topological polar surface area (TPSA) is 84.9 Å². The number of para-hydroxylation sites is 1. The lowest BCUT2D eigenvalue weighted by atomic mass is 9.76. The fourth-order valence-corrected chi connectivity index (χ4v) is 4.80. The number of benzene rings is 1. The number of methoxy groups -OCH3 is 1. The number of unbranched alkanes of at least 4 members (excludes halogenated alkanes) is 1. The maximum absolute atomic E-state index is 13.3. The Morgan fingerprint density at radius 1 is 1.17 bits per heavy atom. The molecule has 2 fully saturated rings. The normalized spacial score (nSPS) is 28.6. The summed E-state index contributed by atoms with van der Waals surface area (Å²) in [5.41, 5.74) is -0.453. The van der Waals surface area contributed by atoms with E-state index >= 15 is 0 Å². The number of esters is 1. The van der Waals surface area contributed by atoms with E-state index in [9.17, 15) is 14.4 Å². The summed E-state index contributed by atoms with van der Waals surface area (Å²) in [7, 11) is 1.57. The van der Waals surface area contributed by atoms with Crippen molar-refractivity contribution in [2.45, 2.75) is 51.6 Å². The molecule has 0 saturated carbocycles. The maximum Gasteiger partial charge on any atom is 0.327 e. The van der Waals surface area contributed by atoms with Crippen molar-refractivity contribution < 1.29 is 23.9 Å². The van der Waals surface area contributed by atoms with E-state index in [1.807, 2.05) is 31.2 Å². The summed E-state index contributed by atoms with van der Waals surface area (Å²) in [6, 6.07) is 6.90. The van der Waals surface area contributed by atoms with Crippen LogP contribution in [0.2, 0.25) is 0 Å². The van der Waals surface area contributed by atoms with Crippen LogP contribution in [-0.2, 0) is 19.1 Å².